The molecule has 5 nitrogen and oxygen atoms in total. The van der Waals surface area contributed by atoms with Crippen molar-refractivity contribution >= 4 is 23.6 Å². The number of aromatic nitrogens is 3. The van der Waals surface area contributed by atoms with Crippen molar-refractivity contribution < 1.29 is 10.7 Å². The van der Waals surface area contributed by atoms with Crippen molar-refractivity contribution in [3.8, 4) is 11.3 Å². The van der Waals surface area contributed by atoms with Gasteiger partial charge in [-0.25, -0.2) is 15.0 Å². The van der Waals surface area contributed by atoms with Gasteiger partial charge in [0.2, 0.25) is 0 Å². The first kappa shape index (κ1) is 15.0. The first-order chi connectivity index (χ1) is 12.2. The van der Waals surface area contributed by atoms with Crippen molar-refractivity contribution in [3.63, 3.8) is 0 Å². The van der Waals surface area contributed by atoms with E-state index in [0.29, 0.717) is 11.0 Å². The van der Waals surface area contributed by atoms with Crippen molar-refractivity contribution in [3.05, 3.63) is 48.9 Å². The monoisotopic (exact) mass is 334 g/mol. The Hall–Kier alpha value is -2.31. The van der Waals surface area contributed by atoms with Gasteiger partial charge in [0.05, 0.1) is 28.6 Å². The summed E-state index contributed by atoms with van der Waals surface area (Å²) < 4.78 is 19.8. The van der Waals surface area contributed by atoms with Gasteiger partial charge in [-0.15, -0.1) is 0 Å². The predicted molar refractivity (Wildman–Crippen MR) is 98.5 cm³/mol. The summed E-state index contributed by atoms with van der Waals surface area (Å²) in [6.07, 6.45) is 1.57. The highest BCUT2D eigenvalue weighted by Crippen LogP contribution is 2.36. The number of hydrogen-bond donors (Lipinski definition) is 0. The van der Waals surface area contributed by atoms with Crippen LogP contribution in [0.3, 0.4) is 0 Å². The minimum Gasteiger partial charge on any atom is -0.399 e. The maximum absolute atomic E-state index is 7.50. The Morgan fingerprint density at radius 3 is 2.52 bits per heavy atom. The first-order valence-electron chi connectivity index (χ1n) is 8.82. The molecule has 4 rings (SSSR count). The first-order valence-corrected chi connectivity index (χ1v) is 8.32. The van der Waals surface area contributed by atoms with Crippen LogP contribution in [0.4, 0.5) is 0 Å². The Morgan fingerprint density at radius 1 is 1.00 bits per heavy atom. The predicted octanol–water partition coefficient (Wildman–Crippen LogP) is 2.99. The van der Waals surface area contributed by atoms with Crippen molar-refractivity contribution in [2.45, 2.75) is 38.9 Å². The standard InChI is InChI=1S/C19H20BN3O2/c1-18(2)19(3,4)25-20(24-18)14-7-5-6-13(10-14)15-8-9-16-17(23-15)11-21-12-22-16/h5-12H,1-4H3/i12D. The van der Waals surface area contributed by atoms with Crippen molar-refractivity contribution in [2.24, 2.45) is 0 Å². The van der Waals surface area contributed by atoms with Gasteiger partial charge in [0.15, 0.2) is 0 Å². The third-order valence-corrected chi connectivity index (χ3v) is 5.03. The lowest BCUT2D eigenvalue weighted by Crippen LogP contribution is -2.41. The van der Waals surface area contributed by atoms with Crippen LogP contribution in [0.2, 0.25) is 0 Å². The fraction of sp³-hybridized carbons (Fsp3) is 0.316. The topological polar surface area (TPSA) is 57.1 Å². The molecule has 0 saturated carbocycles. The largest absolute Gasteiger partial charge is 0.494 e. The van der Waals surface area contributed by atoms with E-state index in [0.717, 1.165) is 16.7 Å². The zero-order chi connectivity index (χ0) is 18.5. The number of fused-ring (bicyclic) bond motifs is 1. The molecular weight excluding hydrogens is 313 g/mol. The Labute approximate surface area is 149 Å². The van der Waals surface area contributed by atoms with E-state index in [1.807, 2.05) is 64.1 Å². The fourth-order valence-corrected chi connectivity index (χ4v) is 2.81. The zero-order valence-corrected chi connectivity index (χ0v) is 14.8. The smallest absolute Gasteiger partial charge is 0.399 e. The number of pyridine rings is 1. The van der Waals surface area contributed by atoms with E-state index in [-0.39, 0.29) is 17.5 Å². The summed E-state index contributed by atoms with van der Waals surface area (Å²) in [5, 5.41) is 0. The third-order valence-electron chi connectivity index (χ3n) is 5.03. The van der Waals surface area contributed by atoms with Crippen LogP contribution in [0.15, 0.2) is 48.9 Å². The van der Waals surface area contributed by atoms with Crippen LogP contribution in [-0.2, 0) is 9.31 Å². The maximum Gasteiger partial charge on any atom is 0.494 e. The molecule has 0 unspecified atom stereocenters. The van der Waals surface area contributed by atoms with Crippen LogP contribution in [-0.4, -0.2) is 33.3 Å². The average Bonchev–Trinajstić information content (AvgIpc) is 2.82. The molecule has 3 aromatic rings. The van der Waals surface area contributed by atoms with E-state index in [4.69, 9.17) is 10.7 Å². The SMILES string of the molecule is [2H]c1ncc2nc(-c3cccc(B4OC(C)(C)C(C)(C)O4)c3)ccc2n1. The Bertz CT molecular complexity index is 977. The molecule has 0 spiro atoms. The van der Waals surface area contributed by atoms with Crippen LogP contribution in [0.1, 0.15) is 29.1 Å². The molecule has 1 aliphatic heterocycles. The van der Waals surface area contributed by atoms with Gasteiger partial charge in [-0.1, -0.05) is 24.3 Å². The highest BCUT2D eigenvalue weighted by Gasteiger charge is 2.51. The molecule has 0 bridgehead atoms. The molecule has 2 aromatic heterocycles. The van der Waals surface area contributed by atoms with Gasteiger partial charge in [0.1, 0.15) is 13.2 Å². The number of nitrogens with zero attached hydrogens (tertiary/aromatic N) is 3. The van der Waals surface area contributed by atoms with E-state index in [2.05, 4.69) is 15.0 Å². The molecule has 0 amide bonds. The van der Waals surface area contributed by atoms with Crippen LogP contribution in [0.25, 0.3) is 22.3 Å². The molecular formula is C19H20BN3O2. The molecule has 25 heavy (non-hydrogen) atoms. The van der Waals surface area contributed by atoms with Gasteiger partial charge in [-0.05, 0) is 50.9 Å². The summed E-state index contributed by atoms with van der Waals surface area (Å²) in [6, 6.07) is 11.8. The van der Waals surface area contributed by atoms with Gasteiger partial charge in [0.25, 0.3) is 0 Å². The highest BCUT2D eigenvalue weighted by atomic mass is 16.7. The van der Waals surface area contributed by atoms with Gasteiger partial charge >= 0.3 is 7.12 Å². The van der Waals surface area contributed by atoms with Crippen LogP contribution >= 0.6 is 0 Å². The van der Waals surface area contributed by atoms with Crippen molar-refractivity contribution in [2.75, 3.05) is 0 Å². The van der Waals surface area contributed by atoms with Crippen molar-refractivity contribution in [1.29, 1.82) is 0 Å². The minimum atomic E-state index is -0.408. The second-order valence-corrected chi connectivity index (χ2v) is 7.28. The van der Waals surface area contributed by atoms with E-state index in [9.17, 15) is 0 Å². The maximum atomic E-state index is 7.50. The highest BCUT2D eigenvalue weighted by molar-refractivity contribution is 6.62. The summed E-state index contributed by atoms with van der Waals surface area (Å²) >= 11 is 0. The Kier molecular flexibility index (Phi) is 3.36. The molecule has 0 N–H and O–H groups in total. The molecule has 0 atom stereocenters. The molecule has 1 aromatic carbocycles. The number of benzene rings is 1. The lowest BCUT2D eigenvalue weighted by molar-refractivity contribution is 0.00578. The summed E-state index contributed by atoms with van der Waals surface area (Å²) in [7, 11) is -0.408. The van der Waals surface area contributed by atoms with Crippen LogP contribution in [0.5, 0.6) is 0 Å². The van der Waals surface area contributed by atoms with Gasteiger partial charge in [-0.3, -0.25) is 0 Å². The quantitative estimate of drug-likeness (QED) is 0.675. The lowest BCUT2D eigenvalue weighted by Gasteiger charge is -2.32. The van der Waals surface area contributed by atoms with Crippen molar-refractivity contribution in [1.82, 2.24) is 15.0 Å². The van der Waals surface area contributed by atoms with Gasteiger partial charge < -0.3 is 9.31 Å². The summed E-state index contributed by atoms with van der Waals surface area (Å²) in [4.78, 5) is 12.6. The van der Waals surface area contributed by atoms with E-state index in [1.54, 1.807) is 6.20 Å². The molecule has 0 radical (unpaired) electrons. The van der Waals surface area contributed by atoms with E-state index >= 15 is 0 Å². The normalized spacial score (nSPS) is 19.2. The van der Waals surface area contributed by atoms with Crippen LogP contribution in [0, 0.1) is 0 Å². The molecule has 3 heterocycles. The molecule has 0 aliphatic carbocycles. The van der Waals surface area contributed by atoms with Gasteiger partial charge in [0, 0.05) is 0 Å². The minimum absolute atomic E-state index is 0.00481. The molecule has 1 saturated heterocycles. The average molecular weight is 334 g/mol. The number of rotatable bonds is 2. The molecule has 1 fully saturated rings. The molecule has 126 valence electrons. The summed E-state index contributed by atoms with van der Waals surface area (Å²) in [5.41, 5.74) is 3.32. The fourth-order valence-electron chi connectivity index (χ4n) is 2.81. The van der Waals surface area contributed by atoms with E-state index < -0.39 is 7.12 Å². The summed E-state index contributed by atoms with van der Waals surface area (Å²) in [5.74, 6) is 0. The second-order valence-electron chi connectivity index (χ2n) is 7.28. The second kappa shape index (κ2) is 5.61. The molecule has 1 aliphatic rings. The summed E-state index contributed by atoms with van der Waals surface area (Å²) in [6.45, 7) is 8.18. The van der Waals surface area contributed by atoms with E-state index in [1.165, 1.54) is 0 Å². The zero-order valence-electron chi connectivity index (χ0n) is 15.8. The van der Waals surface area contributed by atoms with Gasteiger partial charge in [-0.2, -0.15) is 0 Å². The molecule has 6 heteroatoms. The Balaban J connectivity index is 1.69. The lowest BCUT2D eigenvalue weighted by atomic mass is 9.78. The number of hydrogen-bond acceptors (Lipinski definition) is 5. The van der Waals surface area contributed by atoms with Crippen LogP contribution < -0.4 is 5.46 Å². The third kappa shape index (κ3) is 2.81. The Morgan fingerprint density at radius 2 is 1.76 bits per heavy atom.